The molecule has 0 radical (unpaired) electrons. The van der Waals surface area contributed by atoms with Gasteiger partial charge in [0, 0.05) is 13.1 Å². The highest BCUT2D eigenvalue weighted by Crippen LogP contribution is 2.10. The first kappa shape index (κ1) is 12.5. The highest BCUT2D eigenvalue weighted by molar-refractivity contribution is 5.97. The van der Waals surface area contributed by atoms with E-state index in [1.165, 1.54) is 6.20 Å². The number of aryl methyl sites for hydroxylation is 1. The summed E-state index contributed by atoms with van der Waals surface area (Å²) in [5.74, 6) is -0.132. The van der Waals surface area contributed by atoms with Crippen LogP contribution < -0.4 is 11.1 Å². The summed E-state index contributed by atoms with van der Waals surface area (Å²) in [5, 5.41) is 6.89. The van der Waals surface area contributed by atoms with Crippen molar-refractivity contribution in [1.29, 1.82) is 0 Å². The SMILES string of the molecule is CCCCCNC(=O)c1c(N)cnn1CC. The van der Waals surface area contributed by atoms with Gasteiger partial charge in [-0.1, -0.05) is 19.8 Å². The van der Waals surface area contributed by atoms with Crippen LogP contribution in [0.15, 0.2) is 6.20 Å². The molecule has 16 heavy (non-hydrogen) atoms. The quantitative estimate of drug-likeness (QED) is 0.717. The monoisotopic (exact) mass is 224 g/mol. The zero-order valence-corrected chi connectivity index (χ0v) is 9.99. The van der Waals surface area contributed by atoms with Crippen LogP contribution in [0.5, 0.6) is 0 Å². The Morgan fingerprint density at radius 2 is 2.25 bits per heavy atom. The number of hydrogen-bond acceptors (Lipinski definition) is 3. The minimum absolute atomic E-state index is 0.132. The summed E-state index contributed by atoms with van der Waals surface area (Å²) < 4.78 is 1.62. The van der Waals surface area contributed by atoms with Crippen LogP contribution in [-0.2, 0) is 6.54 Å². The van der Waals surface area contributed by atoms with Crippen molar-refractivity contribution in [3.63, 3.8) is 0 Å². The van der Waals surface area contributed by atoms with Gasteiger partial charge in [0.25, 0.3) is 5.91 Å². The van der Waals surface area contributed by atoms with E-state index in [9.17, 15) is 4.79 Å². The summed E-state index contributed by atoms with van der Waals surface area (Å²) in [7, 11) is 0. The summed E-state index contributed by atoms with van der Waals surface area (Å²) in [5.41, 5.74) is 6.62. The van der Waals surface area contributed by atoms with Crippen molar-refractivity contribution in [2.45, 2.75) is 39.7 Å². The Labute approximate surface area is 96.0 Å². The van der Waals surface area contributed by atoms with E-state index >= 15 is 0 Å². The molecule has 0 saturated heterocycles. The molecular formula is C11H20N4O. The molecule has 0 unspecified atom stereocenters. The van der Waals surface area contributed by atoms with Crippen LogP contribution >= 0.6 is 0 Å². The second-order valence-corrected chi connectivity index (χ2v) is 3.73. The first-order chi connectivity index (χ1) is 7.70. The van der Waals surface area contributed by atoms with Crippen molar-refractivity contribution >= 4 is 11.6 Å². The number of carbonyl (C=O) groups excluding carboxylic acids is 1. The van der Waals surface area contributed by atoms with Crippen LogP contribution in [0, 0.1) is 0 Å². The summed E-state index contributed by atoms with van der Waals surface area (Å²) in [6, 6.07) is 0. The number of nitrogens with one attached hydrogen (secondary N) is 1. The standard InChI is InChI=1S/C11H20N4O/c1-3-5-6-7-13-11(16)10-9(12)8-14-15(10)4-2/h8H,3-7,12H2,1-2H3,(H,13,16). The normalized spacial score (nSPS) is 10.4. The molecule has 0 spiro atoms. The number of rotatable bonds is 6. The Morgan fingerprint density at radius 1 is 1.50 bits per heavy atom. The van der Waals surface area contributed by atoms with Crippen molar-refractivity contribution in [1.82, 2.24) is 15.1 Å². The minimum Gasteiger partial charge on any atom is -0.396 e. The van der Waals surface area contributed by atoms with Gasteiger partial charge >= 0.3 is 0 Å². The van der Waals surface area contributed by atoms with Crippen molar-refractivity contribution in [3.05, 3.63) is 11.9 Å². The maximum atomic E-state index is 11.8. The third-order valence-corrected chi connectivity index (χ3v) is 2.45. The van der Waals surface area contributed by atoms with E-state index in [4.69, 9.17) is 5.73 Å². The molecule has 90 valence electrons. The van der Waals surface area contributed by atoms with E-state index < -0.39 is 0 Å². The van der Waals surface area contributed by atoms with E-state index in [1.54, 1.807) is 4.68 Å². The molecule has 0 aliphatic heterocycles. The first-order valence-corrected chi connectivity index (χ1v) is 5.80. The number of nitrogen functional groups attached to an aromatic ring is 1. The van der Waals surface area contributed by atoms with Crippen molar-refractivity contribution < 1.29 is 4.79 Å². The van der Waals surface area contributed by atoms with Crippen LogP contribution in [-0.4, -0.2) is 22.2 Å². The Kier molecular flexibility index (Phi) is 4.82. The van der Waals surface area contributed by atoms with Gasteiger partial charge in [-0.2, -0.15) is 5.10 Å². The van der Waals surface area contributed by atoms with Crippen LogP contribution in [0.25, 0.3) is 0 Å². The average Bonchev–Trinajstić information content (AvgIpc) is 2.65. The van der Waals surface area contributed by atoms with Gasteiger partial charge in [0.15, 0.2) is 0 Å². The molecule has 0 aliphatic rings. The second-order valence-electron chi connectivity index (χ2n) is 3.73. The number of aromatic nitrogens is 2. The maximum absolute atomic E-state index is 11.8. The largest absolute Gasteiger partial charge is 0.396 e. The molecule has 1 aromatic heterocycles. The number of anilines is 1. The van der Waals surface area contributed by atoms with Gasteiger partial charge in [0.1, 0.15) is 5.69 Å². The molecule has 1 rings (SSSR count). The molecule has 1 amide bonds. The van der Waals surface area contributed by atoms with Crippen LogP contribution in [0.1, 0.15) is 43.6 Å². The van der Waals surface area contributed by atoms with Crippen LogP contribution in [0.2, 0.25) is 0 Å². The Hall–Kier alpha value is -1.52. The summed E-state index contributed by atoms with van der Waals surface area (Å²) in [4.78, 5) is 11.8. The molecule has 1 aromatic rings. The van der Waals surface area contributed by atoms with E-state index in [2.05, 4.69) is 17.3 Å². The van der Waals surface area contributed by atoms with Gasteiger partial charge in [-0.25, -0.2) is 0 Å². The molecule has 0 aromatic carbocycles. The number of unbranched alkanes of at least 4 members (excludes halogenated alkanes) is 2. The van der Waals surface area contributed by atoms with Crippen molar-refractivity contribution in [3.8, 4) is 0 Å². The summed E-state index contributed by atoms with van der Waals surface area (Å²) in [6.07, 6.45) is 4.79. The molecule has 0 saturated carbocycles. The average molecular weight is 224 g/mol. The van der Waals surface area contributed by atoms with E-state index in [0.717, 1.165) is 19.3 Å². The Bertz CT molecular complexity index is 346. The van der Waals surface area contributed by atoms with E-state index in [0.29, 0.717) is 24.5 Å². The van der Waals surface area contributed by atoms with Crippen LogP contribution in [0.4, 0.5) is 5.69 Å². The van der Waals surface area contributed by atoms with Crippen molar-refractivity contribution in [2.24, 2.45) is 0 Å². The Balaban J connectivity index is 2.55. The molecule has 0 atom stereocenters. The predicted octanol–water partition coefficient (Wildman–Crippen LogP) is 1.41. The number of amides is 1. The smallest absolute Gasteiger partial charge is 0.271 e. The summed E-state index contributed by atoms with van der Waals surface area (Å²) >= 11 is 0. The van der Waals surface area contributed by atoms with E-state index in [1.807, 2.05) is 6.92 Å². The minimum atomic E-state index is -0.132. The molecular weight excluding hydrogens is 204 g/mol. The lowest BCUT2D eigenvalue weighted by Crippen LogP contribution is -2.27. The number of nitrogens with zero attached hydrogens (tertiary/aromatic N) is 2. The van der Waals surface area contributed by atoms with Gasteiger partial charge in [-0.3, -0.25) is 9.48 Å². The molecule has 0 fully saturated rings. The molecule has 5 heteroatoms. The van der Waals surface area contributed by atoms with Crippen LogP contribution in [0.3, 0.4) is 0 Å². The Morgan fingerprint density at radius 3 is 2.88 bits per heavy atom. The third kappa shape index (κ3) is 2.98. The predicted molar refractivity (Wildman–Crippen MR) is 64.2 cm³/mol. The molecule has 0 bridgehead atoms. The van der Waals surface area contributed by atoms with E-state index in [-0.39, 0.29) is 5.91 Å². The molecule has 3 N–H and O–H groups in total. The fourth-order valence-corrected chi connectivity index (χ4v) is 1.55. The third-order valence-electron chi connectivity index (χ3n) is 2.45. The zero-order valence-electron chi connectivity index (χ0n) is 9.99. The van der Waals surface area contributed by atoms with Gasteiger partial charge in [-0.05, 0) is 13.3 Å². The second kappa shape index (κ2) is 6.15. The molecule has 0 aliphatic carbocycles. The first-order valence-electron chi connectivity index (χ1n) is 5.80. The summed E-state index contributed by atoms with van der Waals surface area (Å²) in [6.45, 7) is 5.40. The number of hydrogen-bond donors (Lipinski definition) is 2. The highest BCUT2D eigenvalue weighted by atomic mass is 16.2. The fraction of sp³-hybridized carbons (Fsp3) is 0.636. The topological polar surface area (TPSA) is 72.9 Å². The molecule has 5 nitrogen and oxygen atoms in total. The van der Waals surface area contributed by atoms with Crippen molar-refractivity contribution in [2.75, 3.05) is 12.3 Å². The van der Waals surface area contributed by atoms with Gasteiger partial charge in [0.2, 0.25) is 0 Å². The lowest BCUT2D eigenvalue weighted by molar-refractivity contribution is 0.0943. The zero-order chi connectivity index (χ0) is 12.0. The molecule has 1 heterocycles. The van der Waals surface area contributed by atoms with Gasteiger partial charge in [0.05, 0.1) is 11.9 Å². The van der Waals surface area contributed by atoms with Gasteiger partial charge < -0.3 is 11.1 Å². The maximum Gasteiger partial charge on any atom is 0.271 e. The highest BCUT2D eigenvalue weighted by Gasteiger charge is 2.14. The number of nitrogens with two attached hydrogens (primary N) is 1. The lowest BCUT2D eigenvalue weighted by atomic mass is 10.2. The number of carbonyl (C=O) groups is 1. The lowest BCUT2D eigenvalue weighted by Gasteiger charge is -2.07. The fourth-order valence-electron chi connectivity index (χ4n) is 1.55. The van der Waals surface area contributed by atoms with Gasteiger partial charge in [-0.15, -0.1) is 0 Å².